The first kappa shape index (κ1) is 13.9. The third-order valence-electron chi connectivity index (χ3n) is 3.65. The molecule has 0 aromatic carbocycles. The Morgan fingerprint density at radius 3 is 2.31 bits per heavy atom. The summed E-state index contributed by atoms with van der Waals surface area (Å²) in [5, 5.41) is 8.59. The van der Waals surface area contributed by atoms with Crippen molar-refractivity contribution in [2.24, 2.45) is 0 Å². The Bertz CT molecular complexity index is 193. The second-order valence-corrected chi connectivity index (χ2v) is 5.05. The van der Waals surface area contributed by atoms with Gasteiger partial charge in [-0.05, 0) is 40.4 Å². The van der Waals surface area contributed by atoms with E-state index in [-0.39, 0.29) is 6.61 Å². The molecule has 0 aromatic heterocycles. The maximum absolute atomic E-state index is 8.59. The predicted molar refractivity (Wildman–Crippen MR) is 65.7 cm³/mol. The molecule has 1 fully saturated rings. The number of ether oxygens (including phenoxy) is 1. The lowest BCUT2D eigenvalue weighted by molar-refractivity contribution is 0.0156. The van der Waals surface area contributed by atoms with Crippen LogP contribution < -0.4 is 0 Å². The Morgan fingerprint density at radius 2 is 1.88 bits per heavy atom. The van der Waals surface area contributed by atoms with Gasteiger partial charge in [0.1, 0.15) is 0 Å². The summed E-state index contributed by atoms with van der Waals surface area (Å²) < 4.78 is 5.27. The minimum Gasteiger partial charge on any atom is -0.394 e. The van der Waals surface area contributed by atoms with E-state index in [9.17, 15) is 0 Å². The zero-order valence-electron chi connectivity index (χ0n) is 10.9. The van der Waals surface area contributed by atoms with Gasteiger partial charge in [0.05, 0.1) is 19.8 Å². The van der Waals surface area contributed by atoms with Gasteiger partial charge in [-0.3, -0.25) is 0 Å². The van der Waals surface area contributed by atoms with E-state index in [0.29, 0.717) is 18.8 Å². The van der Waals surface area contributed by atoms with Crippen molar-refractivity contribution in [2.75, 3.05) is 54.1 Å². The van der Waals surface area contributed by atoms with Gasteiger partial charge in [0, 0.05) is 18.6 Å². The molecule has 1 saturated carbocycles. The van der Waals surface area contributed by atoms with Crippen LogP contribution in [0.2, 0.25) is 0 Å². The second kappa shape index (κ2) is 6.55. The summed E-state index contributed by atoms with van der Waals surface area (Å²) in [4.78, 5) is 4.69. The molecule has 1 aliphatic rings. The van der Waals surface area contributed by atoms with E-state index in [0.717, 1.165) is 13.1 Å². The van der Waals surface area contributed by atoms with Gasteiger partial charge in [-0.2, -0.15) is 0 Å². The lowest BCUT2D eigenvalue weighted by Gasteiger charge is -2.49. The van der Waals surface area contributed by atoms with Gasteiger partial charge < -0.3 is 19.6 Å². The SMILES string of the molecule is CN(CCOCCO)CC1(N(C)C)CCC1. The highest BCUT2D eigenvalue weighted by Gasteiger charge is 2.39. The number of aliphatic hydroxyl groups is 1. The molecule has 0 atom stereocenters. The van der Waals surface area contributed by atoms with Crippen molar-refractivity contribution < 1.29 is 9.84 Å². The molecule has 0 saturated heterocycles. The smallest absolute Gasteiger partial charge is 0.0698 e. The number of hydrogen-bond acceptors (Lipinski definition) is 4. The maximum Gasteiger partial charge on any atom is 0.0698 e. The molecule has 1 aliphatic carbocycles. The van der Waals surface area contributed by atoms with Crippen LogP contribution in [0.25, 0.3) is 0 Å². The van der Waals surface area contributed by atoms with Gasteiger partial charge >= 0.3 is 0 Å². The summed E-state index contributed by atoms with van der Waals surface area (Å²) in [6.07, 6.45) is 3.97. The van der Waals surface area contributed by atoms with Gasteiger partial charge in [-0.25, -0.2) is 0 Å². The van der Waals surface area contributed by atoms with Gasteiger partial charge in [-0.1, -0.05) is 0 Å². The normalized spacial score (nSPS) is 19.1. The highest BCUT2D eigenvalue weighted by molar-refractivity contribution is 4.97. The highest BCUT2D eigenvalue weighted by Crippen LogP contribution is 2.36. The Morgan fingerprint density at radius 1 is 1.19 bits per heavy atom. The largest absolute Gasteiger partial charge is 0.394 e. The first-order valence-corrected chi connectivity index (χ1v) is 6.15. The summed E-state index contributed by atoms with van der Waals surface area (Å²) in [6, 6.07) is 0. The second-order valence-electron chi connectivity index (χ2n) is 5.05. The number of hydrogen-bond donors (Lipinski definition) is 1. The molecular weight excluding hydrogens is 204 g/mol. The molecule has 4 heteroatoms. The Labute approximate surface area is 99.2 Å². The predicted octanol–water partition coefficient (Wildman–Crippen LogP) is 0.411. The average Bonchev–Trinajstić information content (AvgIpc) is 2.18. The molecule has 0 aromatic rings. The summed E-state index contributed by atoms with van der Waals surface area (Å²) in [6.45, 7) is 3.33. The first-order valence-electron chi connectivity index (χ1n) is 6.15. The molecule has 0 aliphatic heterocycles. The molecular formula is C12H26N2O2. The quantitative estimate of drug-likeness (QED) is 0.613. The number of aliphatic hydroxyl groups excluding tert-OH is 1. The molecule has 0 bridgehead atoms. The van der Waals surface area contributed by atoms with Crippen molar-refractivity contribution in [2.45, 2.75) is 24.8 Å². The Hall–Kier alpha value is -0.160. The summed E-state index contributed by atoms with van der Waals surface area (Å²) in [7, 11) is 6.50. The van der Waals surface area contributed by atoms with Crippen LogP contribution in [0.1, 0.15) is 19.3 Å². The van der Waals surface area contributed by atoms with Crippen molar-refractivity contribution in [3.05, 3.63) is 0 Å². The summed E-state index contributed by atoms with van der Waals surface area (Å²) in [5.41, 5.74) is 0.395. The van der Waals surface area contributed by atoms with Crippen LogP contribution in [0.15, 0.2) is 0 Å². The van der Waals surface area contributed by atoms with E-state index in [1.807, 2.05) is 0 Å². The van der Waals surface area contributed by atoms with Crippen molar-refractivity contribution in [3.8, 4) is 0 Å². The molecule has 1 rings (SSSR count). The van der Waals surface area contributed by atoms with Crippen LogP contribution in [-0.4, -0.2) is 74.5 Å². The van der Waals surface area contributed by atoms with Crippen molar-refractivity contribution >= 4 is 0 Å². The van der Waals surface area contributed by atoms with Gasteiger partial charge in [0.25, 0.3) is 0 Å². The van der Waals surface area contributed by atoms with Gasteiger partial charge in [0.15, 0.2) is 0 Å². The number of rotatable bonds is 8. The lowest BCUT2D eigenvalue weighted by atomic mass is 9.75. The molecule has 4 nitrogen and oxygen atoms in total. The van der Waals surface area contributed by atoms with Crippen LogP contribution in [0, 0.1) is 0 Å². The van der Waals surface area contributed by atoms with E-state index in [1.165, 1.54) is 19.3 Å². The van der Waals surface area contributed by atoms with Gasteiger partial charge in [0.2, 0.25) is 0 Å². The Kier molecular flexibility index (Phi) is 5.69. The fourth-order valence-corrected chi connectivity index (χ4v) is 2.30. The fourth-order valence-electron chi connectivity index (χ4n) is 2.30. The number of likely N-dealkylation sites (N-methyl/N-ethyl adjacent to an activating group) is 2. The molecule has 0 heterocycles. The van der Waals surface area contributed by atoms with Crippen molar-refractivity contribution in [3.63, 3.8) is 0 Å². The third-order valence-corrected chi connectivity index (χ3v) is 3.65. The van der Waals surface area contributed by atoms with E-state index in [2.05, 4.69) is 30.9 Å². The van der Waals surface area contributed by atoms with E-state index in [1.54, 1.807) is 0 Å². The fraction of sp³-hybridized carbons (Fsp3) is 1.00. The summed E-state index contributed by atoms with van der Waals surface area (Å²) >= 11 is 0. The van der Waals surface area contributed by atoms with Crippen LogP contribution >= 0.6 is 0 Å². The molecule has 0 unspecified atom stereocenters. The van der Waals surface area contributed by atoms with Crippen molar-refractivity contribution in [1.29, 1.82) is 0 Å². The lowest BCUT2D eigenvalue weighted by Crippen LogP contribution is -2.56. The molecule has 0 amide bonds. The highest BCUT2D eigenvalue weighted by atomic mass is 16.5. The molecule has 16 heavy (non-hydrogen) atoms. The van der Waals surface area contributed by atoms with Crippen LogP contribution in [-0.2, 0) is 4.74 Å². The van der Waals surface area contributed by atoms with Crippen molar-refractivity contribution in [1.82, 2.24) is 9.80 Å². The average molecular weight is 230 g/mol. The Balaban J connectivity index is 2.19. The van der Waals surface area contributed by atoms with E-state index >= 15 is 0 Å². The van der Waals surface area contributed by atoms with Crippen LogP contribution in [0.4, 0.5) is 0 Å². The zero-order valence-corrected chi connectivity index (χ0v) is 10.9. The number of nitrogens with zero attached hydrogens (tertiary/aromatic N) is 2. The topological polar surface area (TPSA) is 35.9 Å². The maximum atomic E-state index is 8.59. The third kappa shape index (κ3) is 3.70. The molecule has 0 spiro atoms. The van der Waals surface area contributed by atoms with Crippen LogP contribution in [0.5, 0.6) is 0 Å². The monoisotopic (exact) mass is 230 g/mol. The van der Waals surface area contributed by atoms with Crippen LogP contribution in [0.3, 0.4) is 0 Å². The molecule has 0 radical (unpaired) electrons. The summed E-state index contributed by atoms with van der Waals surface area (Å²) in [5.74, 6) is 0. The van der Waals surface area contributed by atoms with E-state index < -0.39 is 0 Å². The van der Waals surface area contributed by atoms with E-state index in [4.69, 9.17) is 9.84 Å². The molecule has 96 valence electrons. The molecule has 1 N–H and O–H groups in total. The zero-order chi connectivity index (χ0) is 12.0. The van der Waals surface area contributed by atoms with Gasteiger partial charge in [-0.15, -0.1) is 0 Å². The first-order chi connectivity index (χ1) is 7.60. The minimum atomic E-state index is 0.116. The minimum absolute atomic E-state index is 0.116. The standard InChI is InChI=1S/C12H26N2O2/c1-13(2)12(5-4-6-12)11-14(3)7-9-16-10-8-15/h15H,4-11H2,1-3H3.